The van der Waals surface area contributed by atoms with E-state index in [1.165, 1.54) is 0 Å². The van der Waals surface area contributed by atoms with E-state index in [9.17, 15) is 27.9 Å². The van der Waals surface area contributed by atoms with Crippen molar-refractivity contribution in [2.24, 2.45) is 11.3 Å². The van der Waals surface area contributed by atoms with Crippen LogP contribution in [-0.4, -0.2) is 28.8 Å². The first-order chi connectivity index (χ1) is 17.3. The van der Waals surface area contributed by atoms with Crippen molar-refractivity contribution in [2.45, 2.75) is 117 Å². The summed E-state index contributed by atoms with van der Waals surface area (Å²) in [5.74, 6) is -0.620. The van der Waals surface area contributed by atoms with Crippen LogP contribution in [0.4, 0.5) is 13.2 Å². The van der Waals surface area contributed by atoms with Gasteiger partial charge < -0.3 is 14.6 Å². The third kappa shape index (κ3) is 6.92. The van der Waals surface area contributed by atoms with Crippen molar-refractivity contribution in [2.75, 3.05) is 0 Å². The SMILES string of the molecule is CC(C)(C)C(=O)Oc1cc(C(C)(C)CCCCCC(F)(F)F)cc2c1[C@@H]1CC(C(=O)O)=CC[C@H]1C(C)(C)O2. The Morgan fingerprint density at radius 2 is 1.68 bits per heavy atom. The van der Waals surface area contributed by atoms with Gasteiger partial charge in [-0.2, -0.15) is 13.2 Å². The molecule has 38 heavy (non-hydrogen) atoms. The molecule has 1 aromatic carbocycles. The number of benzene rings is 1. The van der Waals surface area contributed by atoms with Gasteiger partial charge in [-0.15, -0.1) is 0 Å². The Hall–Kier alpha value is -2.51. The Labute approximate surface area is 223 Å². The molecule has 0 fully saturated rings. The molecular weight excluding hydrogens is 497 g/mol. The molecule has 0 saturated heterocycles. The monoisotopic (exact) mass is 538 g/mol. The normalized spacial score (nSPS) is 21.1. The Morgan fingerprint density at radius 3 is 2.26 bits per heavy atom. The van der Waals surface area contributed by atoms with Crippen LogP contribution in [0, 0.1) is 11.3 Å². The van der Waals surface area contributed by atoms with Crippen LogP contribution in [0.2, 0.25) is 0 Å². The van der Waals surface area contributed by atoms with E-state index in [0.717, 1.165) is 5.56 Å². The van der Waals surface area contributed by atoms with Crippen LogP contribution in [-0.2, 0) is 15.0 Å². The van der Waals surface area contributed by atoms with Crippen LogP contribution >= 0.6 is 0 Å². The summed E-state index contributed by atoms with van der Waals surface area (Å²) in [5, 5.41) is 9.70. The molecule has 0 bridgehead atoms. The maximum Gasteiger partial charge on any atom is 0.389 e. The van der Waals surface area contributed by atoms with Gasteiger partial charge in [0.15, 0.2) is 0 Å². The van der Waals surface area contributed by atoms with E-state index in [1.807, 2.05) is 39.8 Å². The lowest BCUT2D eigenvalue weighted by molar-refractivity contribution is -0.143. The van der Waals surface area contributed by atoms with Crippen LogP contribution in [0.5, 0.6) is 11.5 Å². The first-order valence-electron chi connectivity index (χ1n) is 13.4. The van der Waals surface area contributed by atoms with Gasteiger partial charge in [-0.25, -0.2) is 4.79 Å². The average molecular weight is 539 g/mol. The predicted octanol–water partition coefficient (Wildman–Crippen LogP) is 8.10. The molecule has 1 N–H and O–H groups in total. The number of alkyl halides is 3. The van der Waals surface area contributed by atoms with Crippen molar-refractivity contribution < 1.29 is 37.3 Å². The fourth-order valence-electron chi connectivity index (χ4n) is 5.49. The molecule has 212 valence electrons. The number of halogens is 3. The zero-order valence-electron chi connectivity index (χ0n) is 23.6. The molecular formula is C30H41F3O5. The number of carboxylic acids is 1. The molecule has 0 amide bonds. The lowest BCUT2D eigenvalue weighted by atomic mass is 9.66. The summed E-state index contributed by atoms with van der Waals surface area (Å²) in [5.41, 5.74) is 0.157. The number of hydrogen-bond donors (Lipinski definition) is 1. The van der Waals surface area contributed by atoms with E-state index in [-0.39, 0.29) is 18.3 Å². The fourth-order valence-corrected chi connectivity index (χ4v) is 5.49. The van der Waals surface area contributed by atoms with Crippen LogP contribution in [0.15, 0.2) is 23.8 Å². The Balaban J connectivity index is 2.01. The number of rotatable bonds is 8. The van der Waals surface area contributed by atoms with Gasteiger partial charge in [0.2, 0.25) is 0 Å². The van der Waals surface area contributed by atoms with E-state index >= 15 is 0 Å². The van der Waals surface area contributed by atoms with Gasteiger partial charge in [-0.3, -0.25) is 4.79 Å². The van der Waals surface area contributed by atoms with Crippen molar-refractivity contribution in [1.82, 2.24) is 0 Å². The third-order valence-corrected chi connectivity index (χ3v) is 7.92. The number of esters is 1. The summed E-state index contributed by atoms with van der Waals surface area (Å²) >= 11 is 0. The number of carboxylic acid groups (broad SMARTS) is 1. The highest BCUT2D eigenvalue weighted by Gasteiger charge is 2.47. The molecule has 0 aromatic heterocycles. The second-order valence-electron chi connectivity index (χ2n) is 13.0. The van der Waals surface area contributed by atoms with Crippen molar-refractivity contribution in [3.8, 4) is 11.5 Å². The molecule has 0 spiro atoms. The zero-order chi connectivity index (χ0) is 28.7. The summed E-state index contributed by atoms with van der Waals surface area (Å²) in [6.45, 7) is 13.3. The predicted molar refractivity (Wildman–Crippen MR) is 140 cm³/mol. The molecule has 1 aromatic rings. The highest BCUT2D eigenvalue weighted by molar-refractivity contribution is 5.87. The molecule has 3 rings (SSSR count). The maximum atomic E-state index is 13.0. The lowest BCUT2D eigenvalue weighted by Crippen LogP contribution is -2.46. The van der Waals surface area contributed by atoms with Crippen molar-refractivity contribution in [3.05, 3.63) is 34.9 Å². The first-order valence-corrected chi connectivity index (χ1v) is 13.4. The Kier molecular flexibility index (Phi) is 8.36. The van der Waals surface area contributed by atoms with Gasteiger partial charge in [0, 0.05) is 29.4 Å². The number of ether oxygens (including phenoxy) is 2. The molecule has 0 unspecified atom stereocenters. The summed E-state index contributed by atoms with van der Waals surface area (Å²) in [6, 6.07) is 3.78. The minimum Gasteiger partial charge on any atom is -0.487 e. The summed E-state index contributed by atoms with van der Waals surface area (Å²) in [6.07, 6.45) is -0.475. The van der Waals surface area contributed by atoms with Gasteiger partial charge in [0.25, 0.3) is 0 Å². The van der Waals surface area contributed by atoms with Crippen molar-refractivity contribution in [3.63, 3.8) is 0 Å². The molecule has 8 heteroatoms. The van der Waals surface area contributed by atoms with Gasteiger partial charge in [-0.1, -0.05) is 32.8 Å². The van der Waals surface area contributed by atoms with E-state index in [4.69, 9.17) is 9.47 Å². The summed E-state index contributed by atoms with van der Waals surface area (Å²) in [4.78, 5) is 24.8. The highest BCUT2D eigenvalue weighted by Crippen LogP contribution is 2.55. The molecule has 1 heterocycles. The summed E-state index contributed by atoms with van der Waals surface area (Å²) in [7, 11) is 0. The minimum atomic E-state index is -4.14. The number of carbonyl (C=O) groups excluding carboxylic acids is 1. The second-order valence-corrected chi connectivity index (χ2v) is 13.0. The number of hydrogen-bond acceptors (Lipinski definition) is 4. The highest BCUT2D eigenvalue weighted by atomic mass is 19.4. The quantitative estimate of drug-likeness (QED) is 0.206. The average Bonchev–Trinajstić information content (AvgIpc) is 2.76. The maximum absolute atomic E-state index is 13.0. The number of aliphatic carboxylic acids is 1. The van der Waals surface area contributed by atoms with E-state index in [0.29, 0.717) is 54.7 Å². The van der Waals surface area contributed by atoms with Crippen molar-refractivity contribution >= 4 is 11.9 Å². The zero-order valence-corrected chi connectivity index (χ0v) is 23.6. The van der Waals surface area contributed by atoms with Crippen molar-refractivity contribution in [1.29, 1.82) is 0 Å². The van der Waals surface area contributed by atoms with E-state index in [1.54, 1.807) is 26.8 Å². The Bertz CT molecular complexity index is 1090. The van der Waals surface area contributed by atoms with E-state index in [2.05, 4.69) is 0 Å². The van der Waals surface area contributed by atoms with Gasteiger partial charge in [-0.05, 0) is 83.4 Å². The molecule has 5 nitrogen and oxygen atoms in total. The second kappa shape index (κ2) is 10.6. The lowest BCUT2D eigenvalue weighted by Gasteiger charge is -2.47. The molecule has 2 atom stereocenters. The number of allylic oxidation sites excluding steroid dienone is 1. The topological polar surface area (TPSA) is 72.8 Å². The molecule has 2 aliphatic rings. The Morgan fingerprint density at radius 1 is 1.05 bits per heavy atom. The molecule has 0 radical (unpaired) electrons. The van der Waals surface area contributed by atoms with E-state index < -0.39 is 41.0 Å². The summed E-state index contributed by atoms with van der Waals surface area (Å²) < 4.78 is 50.1. The minimum absolute atomic E-state index is 0.00215. The van der Waals surface area contributed by atoms with Gasteiger partial charge in [0.05, 0.1) is 5.41 Å². The molecule has 0 saturated carbocycles. The number of fused-ring (bicyclic) bond motifs is 3. The third-order valence-electron chi connectivity index (χ3n) is 7.92. The number of unbranched alkanes of at least 4 members (excludes halogenated alkanes) is 2. The first kappa shape index (κ1) is 30.0. The van der Waals surface area contributed by atoms with Crippen LogP contribution < -0.4 is 9.47 Å². The van der Waals surface area contributed by atoms with Crippen LogP contribution in [0.1, 0.15) is 110 Å². The van der Waals surface area contributed by atoms with Gasteiger partial charge in [0.1, 0.15) is 17.1 Å². The van der Waals surface area contributed by atoms with Crippen LogP contribution in [0.3, 0.4) is 0 Å². The van der Waals surface area contributed by atoms with Gasteiger partial charge >= 0.3 is 18.1 Å². The number of carbonyl (C=O) groups is 2. The van der Waals surface area contributed by atoms with Crippen LogP contribution in [0.25, 0.3) is 0 Å². The molecule has 1 aliphatic carbocycles. The fraction of sp³-hybridized carbons (Fsp3) is 0.667. The smallest absolute Gasteiger partial charge is 0.389 e. The molecule has 1 aliphatic heterocycles. The standard InChI is InChI=1S/C30H41F3O5/c1-27(2,3)26(36)37-22-16-19(28(4,5)13-9-8-10-14-30(31,32)33)17-23-24(22)20-15-18(25(34)35)11-12-21(20)29(6,7)38-23/h11,16-17,20-21H,8-10,12-15H2,1-7H3,(H,34,35)/t20-,21-/m1/s1. The largest absolute Gasteiger partial charge is 0.487 e.